The average Bonchev–Trinajstić information content (AvgIpc) is 2.39. The Hall–Kier alpha value is -1.95. The zero-order valence-corrected chi connectivity index (χ0v) is 11.6. The molecule has 0 atom stereocenters. The SMILES string of the molecule is CCNc1ccc(-c2ccc(S(C)(=O)=O)cc2)nn1. The normalized spacial score (nSPS) is 11.3. The lowest BCUT2D eigenvalue weighted by atomic mass is 10.1. The van der Waals surface area contributed by atoms with E-state index in [0.717, 1.165) is 17.9 Å². The van der Waals surface area contributed by atoms with Gasteiger partial charge < -0.3 is 5.32 Å². The maximum Gasteiger partial charge on any atom is 0.175 e. The monoisotopic (exact) mass is 277 g/mol. The van der Waals surface area contributed by atoms with Crippen molar-refractivity contribution in [2.45, 2.75) is 11.8 Å². The van der Waals surface area contributed by atoms with Crippen LogP contribution in [0.5, 0.6) is 0 Å². The van der Waals surface area contributed by atoms with Gasteiger partial charge in [-0.15, -0.1) is 10.2 Å². The number of hydrogen-bond acceptors (Lipinski definition) is 5. The molecule has 0 aliphatic rings. The molecular weight excluding hydrogens is 262 g/mol. The summed E-state index contributed by atoms with van der Waals surface area (Å²) in [6.45, 7) is 2.77. The van der Waals surface area contributed by atoms with E-state index >= 15 is 0 Å². The smallest absolute Gasteiger partial charge is 0.175 e. The Morgan fingerprint density at radius 2 is 1.74 bits per heavy atom. The van der Waals surface area contributed by atoms with Crippen LogP contribution < -0.4 is 5.32 Å². The van der Waals surface area contributed by atoms with Crippen LogP contribution in [0.3, 0.4) is 0 Å². The van der Waals surface area contributed by atoms with Crippen molar-refractivity contribution in [3.63, 3.8) is 0 Å². The van der Waals surface area contributed by atoms with Gasteiger partial charge in [0.05, 0.1) is 10.6 Å². The molecule has 0 amide bonds. The van der Waals surface area contributed by atoms with Gasteiger partial charge in [0.15, 0.2) is 9.84 Å². The first-order valence-corrected chi connectivity index (χ1v) is 7.78. The molecule has 1 heterocycles. The van der Waals surface area contributed by atoms with Crippen molar-refractivity contribution in [1.29, 1.82) is 0 Å². The van der Waals surface area contributed by atoms with Crippen molar-refractivity contribution in [2.24, 2.45) is 0 Å². The van der Waals surface area contributed by atoms with Crippen LogP contribution in [0.1, 0.15) is 6.92 Å². The standard InChI is InChI=1S/C13H15N3O2S/c1-3-14-13-9-8-12(15-16-13)10-4-6-11(7-5-10)19(2,17)18/h4-9H,3H2,1-2H3,(H,14,16). The summed E-state index contributed by atoms with van der Waals surface area (Å²) in [6, 6.07) is 10.3. The second kappa shape index (κ2) is 5.36. The molecule has 0 bridgehead atoms. The molecule has 0 saturated carbocycles. The van der Waals surface area contributed by atoms with Crippen LogP contribution in [-0.4, -0.2) is 31.4 Å². The minimum absolute atomic E-state index is 0.300. The van der Waals surface area contributed by atoms with E-state index in [2.05, 4.69) is 15.5 Å². The second-order valence-corrected chi connectivity index (χ2v) is 6.15. The van der Waals surface area contributed by atoms with Gasteiger partial charge in [0.25, 0.3) is 0 Å². The van der Waals surface area contributed by atoms with Gasteiger partial charge in [-0.3, -0.25) is 0 Å². The van der Waals surface area contributed by atoms with E-state index in [-0.39, 0.29) is 0 Å². The number of benzene rings is 1. The fourth-order valence-electron chi connectivity index (χ4n) is 1.63. The summed E-state index contributed by atoms with van der Waals surface area (Å²) in [5, 5.41) is 11.2. The topological polar surface area (TPSA) is 72.0 Å². The molecule has 0 saturated heterocycles. The summed E-state index contributed by atoms with van der Waals surface area (Å²) >= 11 is 0. The lowest BCUT2D eigenvalue weighted by molar-refractivity contribution is 0.602. The summed E-state index contributed by atoms with van der Waals surface area (Å²) in [7, 11) is -3.16. The number of aromatic nitrogens is 2. The Kier molecular flexibility index (Phi) is 3.80. The van der Waals surface area contributed by atoms with E-state index in [9.17, 15) is 8.42 Å². The Bertz CT molecular complexity index is 649. The number of hydrogen-bond donors (Lipinski definition) is 1. The molecule has 0 aliphatic carbocycles. The highest BCUT2D eigenvalue weighted by Crippen LogP contribution is 2.19. The van der Waals surface area contributed by atoms with E-state index in [0.29, 0.717) is 10.6 Å². The molecule has 0 fully saturated rings. The largest absolute Gasteiger partial charge is 0.369 e. The molecular formula is C13H15N3O2S. The fraction of sp³-hybridized carbons (Fsp3) is 0.231. The minimum atomic E-state index is -3.16. The van der Waals surface area contributed by atoms with Gasteiger partial charge >= 0.3 is 0 Å². The van der Waals surface area contributed by atoms with E-state index in [1.807, 2.05) is 19.1 Å². The maximum absolute atomic E-state index is 11.4. The quantitative estimate of drug-likeness (QED) is 0.925. The van der Waals surface area contributed by atoms with Crippen molar-refractivity contribution in [2.75, 3.05) is 18.1 Å². The first-order valence-electron chi connectivity index (χ1n) is 5.89. The molecule has 1 aromatic carbocycles. The number of nitrogens with one attached hydrogen (secondary N) is 1. The third kappa shape index (κ3) is 3.29. The molecule has 2 rings (SSSR count). The van der Waals surface area contributed by atoms with Crippen molar-refractivity contribution in [1.82, 2.24) is 10.2 Å². The highest BCUT2D eigenvalue weighted by atomic mass is 32.2. The molecule has 100 valence electrons. The number of anilines is 1. The van der Waals surface area contributed by atoms with Crippen LogP contribution in [0.25, 0.3) is 11.3 Å². The third-order valence-electron chi connectivity index (χ3n) is 2.60. The molecule has 6 heteroatoms. The average molecular weight is 277 g/mol. The van der Waals surface area contributed by atoms with Gasteiger partial charge in [-0.2, -0.15) is 0 Å². The second-order valence-electron chi connectivity index (χ2n) is 4.13. The first kappa shape index (κ1) is 13.5. The van der Waals surface area contributed by atoms with Crippen LogP contribution in [0.15, 0.2) is 41.3 Å². The highest BCUT2D eigenvalue weighted by molar-refractivity contribution is 7.90. The first-order chi connectivity index (χ1) is 9.00. The van der Waals surface area contributed by atoms with Crippen LogP contribution >= 0.6 is 0 Å². The summed E-state index contributed by atoms with van der Waals surface area (Å²) in [5.41, 5.74) is 1.55. The Labute approximate surface area is 112 Å². The van der Waals surface area contributed by atoms with Gasteiger partial charge in [0.1, 0.15) is 5.82 Å². The summed E-state index contributed by atoms with van der Waals surface area (Å²) in [4.78, 5) is 0.300. The van der Waals surface area contributed by atoms with Gasteiger partial charge in [0, 0.05) is 18.4 Å². The molecule has 5 nitrogen and oxygen atoms in total. The predicted molar refractivity (Wildman–Crippen MR) is 74.7 cm³/mol. The molecule has 1 N–H and O–H groups in total. The third-order valence-corrected chi connectivity index (χ3v) is 3.73. The van der Waals surface area contributed by atoms with Gasteiger partial charge in [-0.05, 0) is 31.2 Å². The zero-order valence-electron chi connectivity index (χ0n) is 10.8. The fourth-order valence-corrected chi connectivity index (χ4v) is 2.26. The Morgan fingerprint density at radius 3 is 2.21 bits per heavy atom. The summed E-state index contributed by atoms with van der Waals surface area (Å²) in [5.74, 6) is 0.721. The van der Waals surface area contributed by atoms with Gasteiger partial charge in [-0.25, -0.2) is 8.42 Å². The lowest BCUT2D eigenvalue weighted by Gasteiger charge is -2.04. The van der Waals surface area contributed by atoms with E-state index in [1.165, 1.54) is 6.26 Å². The van der Waals surface area contributed by atoms with E-state index < -0.39 is 9.84 Å². The number of nitrogens with zero attached hydrogens (tertiary/aromatic N) is 2. The van der Waals surface area contributed by atoms with Crippen molar-refractivity contribution in [3.8, 4) is 11.3 Å². The van der Waals surface area contributed by atoms with Crippen molar-refractivity contribution >= 4 is 15.7 Å². The molecule has 0 aliphatic heterocycles. The number of sulfone groups is 1. The van der Waals surface area contributed by atoms with E-state index in [4.69, 9.17) is 0 Å². The molecule has 19 heavy (non-hydrogen) atoms. The lowest BCUT2D eigenvalue weighted by Crippen LogP contribution is -2.00. The Morgan fingerprint density at radius 1 is 1.05 bits per heavy atom. The number of rotatable bonds is 4. The van der Waals surface area contributed by atoms with Gasteiger partial charge in [0.2, 0.25) is 0 Å². The van der Waals surface area contributed by atoms with Crippen molar-refractivity contribution in [3.05, 3.63) is 36.4 Å². The molecule has 1 aromatic heterocycles. The Balaban J connectivity index is 2.27. The van der Waals surface area contributed by atoms with Crippen molar-refractivity contribution < 1.29 is 8.42 Å². The highest BCUT2D eigenvalue weighted by Gasteiger charge is 2.07. The minimum Gasteiger partial charge on any atom is -0.369 e. The molecule has 0 unspecified atom stereocenters. The molecule has 0 radical (unpaired) electrons. The van der Waals surface area contributed by atoms with Crippen LogP contribution in [0.4, 0.5) is 5.82 Å². The molecule has 0 spiro atoms. The zero-order chi connectivity index (χ0) is 13.9. The molecule has 2 aromatic rings. The summed E-state index contributed by atoms with van der Waals surface area (Å²) < 4.78 is 22.7. The predicted octanol–water partition coefficient (Wildman–Crippen LogP) is 1.98. The van der Waals surface area contributed by atoms with Gasteiger partial charge in [-0.1, -0.05) is 12.1 Å². The van der Waals surface area contributed by atoms with E-state index in [1.54, 1.807) is 24.3 Å². The van der Waals surface area contributed by atoms with Crippen LogP contribution in [0, 0.1) is 0 Å². The maximum atomic E-state index is 11.4. The van der Waals surface area contributed by atoms with Crippen LogP contribution in [-0.2, 0) is 9.84 Å². The summed E-state index contributed by atoms with van der Waals surface area (Å²) in [6.07, 6.45) is 1.19. The van der Waals surface area contributed by atoms with Crippen LogP contribution in [0.2, 0.25) is 0 Å².